The molecule has 3 unspecified atom stereocenters. The number of β-amino-alcohol motifs (C(OH)–C–C–N with tert-alkyl or cyclic N) is 1. The van der Waals surface area contributed by atoms with Crippen molar-refractivity contribution in [2.45, 2.75) is 31.9 Å². The lowest BCUT2D eigenvalue weighted by Crippen LogP contribution is -2.48. The molecule has 2 fully saturated rings. The molecule has 0 aromatic carbocycles. The molecule has 2 rings (SSSR count). The normalized spacial score (nSPS) is 42.5. The van der Waals surface area contributed by atoms with Crippen LogP contribution >= 0.6 is 0 Å². The molecule has 2 aliphatic rings. The van der Waals surface area contributed by atoms with E-state index in [9.17, 15) is 5.11 Å². The van der Waals surface area contributed by atoms with Gasteiger partial charge in [-0.1, -0.05) is 6.92 Å². The zero-order chi connectivity index (χ0) is 9.26. The Bertz CT molecular complexity index is 168. The Hall–Kier alpha value is -0.120. The van der Waals surface area contributed by atoms with Crippen LogP contribution in [0.5, 0.6) is 0 Å². The fourth-order valence-electron chi connectivity index (χ4n) is 2.22. The van der Waals surface area contributed by atoms with E-state index >= 15 is 0 Å². The van der Waals surface area contributed by atoms with E-state index in [1.165, 1.54) is 0 Å². The van der Waals surface area contributed by atoms with Crippen LogP contribution in [0.15, 0.2) is 0 Å². The Kier molecular flexibility index (Phi) is 2.86. The highest BCUT2D eigenvalue weighted by Gasteiger charge is 2.30. The number of nitrogens with zero attached hydrogens (tertiary/aromatic N) is 1. The molecule has 0 bridgehead atoms. The molecule has 2 aliphatic heterocycles. The van der Waals surface area contributed by atoms with Gasteiger partial charge in [-0.3, -0.25) is 4.90 Å². The summed E-state index contributed by atoms with van der Waals surface area (Å²) in [6, 6.07) is 0.571. The number of hydrogen-bond acceptors (Lipinski definition) is 3. The molecule has 2 heterocycles. The third-order valence-corrected chi connectivity index (χ3v) is 3.37. The molecule has 0 saturated carbocycles. The summed E-state index contributed by atoms with van der Waals surface area (Å²) in [5.41, 5.74) is 0. The minimum absolute atomic E-state index is 0.130. The first-order chi connectivity index (χ1) is 6.27. The highest BCUT2D eigenvalue weighted by Crippen LogP contribution is 2.21. The molecule has 76 valence electrons. The molecule has 13 heavy (non-hydrogen) atoms. The van der Waals surface area contributed by atoms with Gasteiger partial charge in [0.2, 0.25) is 0 Å². The number of aliphatic hydroxyl groups is 1. The van der Waals surface area contributed by atoms with Crippen LogP contribution in [0.25, 0.3) is 0 Å². The van der Waals surface area contributed by atoms with E-state index in [0.29, 0.717) is 12.0 Å². The number of hydrogen-bond donors (Lipinski definition) is 1. The third kappa shape index (κ3) is 2.03. The molecule has 0 spiro atoms. The van der Waals surface area contributed by atoms with Crippen molar-refractivity contribution in [2.24, 2.45) is 5.92 Å². The lowest BCUT2D eigenvalue weighted by Gasteiger charge is -2.37. The van der Waals surface area contributed by atoms with Gasteiger partial charge in [0.05, 0.1) is 12.7 Å². The molecular formula is C10H19NO2. The summed E-state index contributed by atoms with van der Waals surface area (Å²) in [7, 11) is 0. The Morgan fingerprint density at radius 2 is 2.23 bits per heavy atom. The van der Waals surface area contributed by atoms with Crippen LogP contribution in [0.4, 0.5) is 0 Å². The molecular weight excluding hydrogens is 166 g/mol. The molecule has 3 nitrogen and oxygen atoms in total. The predicted octanol–water partition coefficient (Wildman–Crippen LogP) is 0.478. The quantitative estimate of drug-likeness (QED) is 0.645. The minimum Gasteiger partial charge on any atom is -0.392 e. The van der Waals surface area contributed by atoms with Crippen molar-refractivity contribution >= 4 is 0 Å². The molecule has 0 radical (unpaired) electrons. The van der Waals surface area contributed by atoms with Gasteiger partial charge in [-0.2, -0.15) is 0 Å². The first-order valence-electron chi connectivity index (χ1n) is 5.27. The van der Waals surface area contributed by atoms with E-state index in [1.807, 2.05) is 0 Å². The van der Waals surface area contributed by atoms with E-state index < -0.39 is 0 Å². The Balaban J connectivity index is 1.87. The summed E-state index contributed by atoms with van der Waals surface area (Å²) >= 11 is 0. The molecule has 0 amide bonds. The molecule has 3 heteroatoms. The van der Waals surface area contributed by atoms with Crippen molar-refractivity contribution in [3.63, 3.8) is 0 Å². The molecule has 2 saturated heterocycles. The van der Waals surface area contributed by atoms with Crippen LogP contribution in [-0.4, -0.2) is 48.5 Å². The monoisotopic (exact) mass is 185 g/mol. The Labute approximate surface area is 79.7 Å². The highest BCUT2D eigenvalue weighted by atomic mass is 16.5. The van der Waals surface area contributed by atoms with E-state index in [4.69, 9.17) is 4.74 Å². The second-order valence-corrected chi connectivity index (χ2v) is 4.35. The lowest BCUT2D eigenvalue weighted by molar-refractivity contribution is 0.00796. The van der Waals surface area contributed by atoms with Crippen molar-refractivity contribution in [3.05, 3.63) is 0 Å². The summed E-state index contributed by atoms with van der Waals surface area (Å²) in [4.78, 5) is 2.39. The molecule has 0 aromatic heterocycles. The lowest BCUT2D eigenvalue weighted by atomic mass is 9.95. The second-order valence-electron chi connectivity index (χ2n) is 4.35. The average Bonchev–Trinajstić information content (AvgIpc) is 2.62. The van der Waals surface area contributed by atoms with Crippen LogP contribution in [0.1, 0.15) is 19.8 Å². The topological polar surface area (TPSA) is 32.7 Å². The third-order valence-electron chi connectivity index (χ3n) is 3.37. The summed E-state index contributed by atoms with van der Waals surface area (Å²) in [5, 5.41) is 9.73. The van der Waals surface area contributed by atoms with E-state index in [2.05, 4.69) is 11.8 Å². The van der Waals surface area contributed by atoms with Crippen LogP contribution in [0.3, 0.4) is 0 Å². The van der Waals surface area contributed by atoms with Crippen molar-refractivity contribution in [2.75, 3.05) is 26.3 Å². The molecule has 1 N–H and O–H groups in total. The summed E-state index contributed by atoms with van der Waals surface area (Å²) in [5.74, 6) is 0.471. The smallest absolute Gasteiger partial charge is 0.0693 e. The van der Waals surface area contributed by atoms with Crippen LogP contribution in [-0.2, 0) is 4.74 Å². The van der Waals surface area contributed by atoms with Gasteiger partial charge in [0.25, 0.3) is 0 Å². The fourth-order valence-corrected chi connectivity index (χ4v) is 2.22. The maximum Gasteiger partial charge on any atom is 0.0693 e. The van der Waals surface area contributed by atoms with Crippen LogP contribution in [0.2, 0.25) is 0 Å². The number of piperidine rings is 1. The highest BCUT2D eigenvalue weighted by molar-refractivity contribution is 4.83. The number of ether oxygens (including phenoxy) is 1. The summed E-state index contributed by atoms with van der Waals surface area (Å²) < 4.78 is 5.35. The van der Waals surface area contributed by atoms with Gasteiger partial charge in [0.15, 0.2) is 0 Å². The van der Waals surface area contributed by atoms with Gasteiger partial charge in [0, 0.05) is 19.2 Å². The average molecular weight is 185 g/mol. The van der Waals surface area contributed by atoms with Gasteiger partial charge < -0.3 is 9.84 Å². The first kappa shape index (κ1) is 9.44. The van der Waals surface area contributed by atoms with Crippen LogP contribution in [0, 0.1) is 5.92 Å². The van der Waals surface area contributed by atoms with Crippen molar-refractivity contribution in [1.82, 2.24) is 4.90 Å². The zero-order valence-electron chi connectivity index (χ0n) is 8.28. The number of rotatable bonds is 1. The van der Waals surface area contributed by atoms with E-state index in [0.717, 1.165) is 39.1 Å². The Morgan fingerprint density at radius 3 is 2.85 bits per heavy atom. The van der Waals surface area contributed by atoms with Gasteiger partial charge in [-0.25, -0.2) is 0 Å². The Morgan fingerprint density at radius 1 is 1.38 bits per heavy atom. The molecule has 0 aliphatic carbocycles. The number of aliphatic hydroxyl groups excluding tert-OH is 1. The van der Waals surface area contributed by atoms with Gasteiger partial charge in [-0.05, 0) is 25.3 Å². The maximum absolute atomic E-state index is 9.73. The maximum atomic E-state index is 9.73. The largest absolute Gasteiger partial charge is 0.392 e. The summed E-state index contributed by atoms with van der Waals surface area (Å²) in [6.07, 6.45) is 2.13. The summed E-state index contributed by atoms with van der Waals surface area (Å²) in [6.45, 7) is 5.86. The zero-order valence-corrected chi connectivity index (χ0v) is 8.28. The molecule has 0 aromatic rings. The van der Waals surface area contributed by atoms with Crippen LogP contribution < -0.4 is 0 Å². The second kappa shape index (κ2) is 3.95. The van der Waals surface area contributed by atoms with E-state index in [1.54, 1.807) is 0 Å². The predicted molar refractivity (Wildman–Crippen MR) is 50.6 cm³/mol. The van der Waals surface area contributed by atoms with Crippen molar-refractivity contribution in [1.29, 1.82) is 0 Å². The van der Waals surface area contributed by atoms with E-state index in [-0.39, 0.29) is 6.10 Å². The van der Waals surface area contributed by atoms with Gasteiger partial charge in [0.1, 0.15) is 0 Å². The fraction of sp³-hybridized carbons (Fsp3) is 1.00. The number of likely N-dealkylation sites (tertiary alicyclic amines) is 1. The van der Waals surface area contributed by atoms with Crippen molar-refractivity contribution in [3.8, 4) is 0 Å². The standard InChI is InChI=1S/C10H19NO2/c1-8-2-4-11(6-10(8)12)9-3-5-13-7-9/h8-10,12H,2-7H2,1H3. The van der Waals surface area contributed by atoms with Crippen molar-refractivity contribution < 1.29 is 9.84 Å². The SMILES string of the molecule is CC1CCN(C2CCOC2)CC1O. The first-order valence-corrected chi connectivity index (χ1v) is 5.27. The van der Waals surface area contributed by atoms with Gasteiger partial charge >= 0.3 is 0 Å². The minimum atomic E-state index is -0.130. The molecule has 3 atom stereocenters. The van der Waals surface area contributed by atoms with Gasteiger partial charge in [-0.15, -0.1) is 0 Å².